The highest BCUT2D eigenvalue weighted by Crippen LogP contribution is 2.24. The molecule has 0 fully saturated rings. The standard InChI is InChI=1S/C18H36O5Si/c1-9-15(6)21-24(22-16(7)10-2,23-17(8)11-3)13-12-20-18(19)14(4)5/h15-17H,4,9-13H2,1-3,5-8H3. The highest BCUT2D eigenvalue weighted by Gasteiger charge is 2.45. The lowest BCUT2D eigenvalue weighted by atomic mass is 10.3. The molecule has 3 unspecified atom stereocenters. The Morgan fingerprint density at radius 3 is 1.58 bits per heavy atom. The van der Waals surface area contributed by atoms with Crippen molar-refractivity contribution in [3.05, 3.63) is 12.2 Å². The second-order valence-electron chi connectivity index (χ2n) is 6.36. The summed E-state index contributed by atoms with van der Waals surface area (Å²) in [6.07, 6.45) is 2.70. The third-order valence-corrected chi connectivity index (χ3v) is 6.96. The van der Waals surface area contributed by atoms with Crippen LogP contribution in [0, 0.1) is 0 Å². The number of carbonyl (C=O) groups is 1. The van der Waals surface area contributed by atoms with Crippen molar-refractivity contribution in [1.29, 1.82) is 0 Å². The lowest BCUT2D eigenvalue weighted by molar-refractivity contribution is -0.138. The minimum Gasteiger partial charge on any atom is -0.462 e. The van der Waals surface area contributed by atoms with Gasteiger partial charge in [-0.1, -0.05) is 27.4 Å². The topological polar surface area (TPSA) is 54.0 Å². The molecule has 142 valence electrons. The fraction of sp³-hybridized carbons (Fsp3) is 0.833. The van der Waals surface area contributed by atoms with Gasteiger partial charge >= 0.3 is 14.8 Å². The van der Waals surface area contributed by atoms with Crippen LogP contribution in [0.4, 0.5) is 0 Å². The Labute approximate surface area is 149 Å². The zero-order chi connectivity index (χ0) is 18.8. The third kappa shape index (κ3) is 8.96. The number of esters is 1. The summed E-state index contributed by atoms with van der Waals surface area (Å²) in [5, 5.41) is 0. The Morgan fingerprint density at radius 1 is 0.917 bits per heavy atom. The summed E-state index contributed by atoms with van der Waals surface area (Å²) in [7, 11) is -2.96. The van der Waals surface area contributed by atoms with Crippen LogP contribution in [0.25, 0.3) is 0 Å². The number of carbonyl (C=O) groups excluding carboxylic acids is 1. The normalized spacial score (nSPS) is 17.6. The maximum Gasteiger partial charge on any atom is 0.505 e. The van der Waals surface area contributed by atoms with Gasteiger partial charge in [-0.2, -0.15) is 0 Å². The molecular weight excluding hydrogens is 324 g/mol. The van der Waals surface area contributed by atoms with Gasteiger partial charge in [0, 0.05) is 23.9 Å². The smallest absolute Gasteiger partial charge is 0.462 e. The van der Waals surface area contributed by atoms with E-state index in [2.05, 4.69) is 27.4 Å². The summed E-state index contributed by atoms with van der Waals surface area (Å²) < 4.78 is 24.0. The van der Waals surface area contributed by atoms with Gasteiger partial charge in [0.15, 0.2) is 0 Å². The van der Waals surface area contributed by atoms with Gasteiger partial charge in [0.05, 0.1) is 12.7 Å². The van der Waals surface area contributed by atoms with Crippen molar-refractivity contribution < 1.29 is 22.8 Å². The first kappa shape index (κ1) is 23.3. The summed E-state index contributed by atoms with van der Waals surface area (Å²) in [5.41, 5.74) is 0.385. The molecule has 0 heterocycles. The summed E-state index contributed by atoms with van der Waals surface area (Å²) in [6.45, 7) is 17.7. The highest BCUT2D eigenvalue weighted by atomic mass is 28.4. The van der Waals surface area contributed by atoms with Crippen LogP contribution in [-0.4, -0.2) is 39.7 Å². The first-order valence-corrected chi connectivity index (χ1v) is 11.0. The van der Waals surface area contributed by atoms with Crippen molar-refractivity contribution in [1.82, 2.24) is 0 Å². The predicted molar refractivity (Wildman–Crippen MR) is 98.8 cm³/mol. The molecule has 0 aliphatic heterocycles. The second kappa shape index (κ2) is 11.8. The van der Waals surface area contributed by atoms with E-state index in [1.165, 1.54) is 0 Å². The zero-order valence-electron chi connectivity index (χ0n) is 16.5. The highest BCUT2D eigenvalue weighted by molar-refractivity contribution is 6.61. The second-order valence-corrected chi connectivity index (χ2v) is 8.93. The van der Waals surface area contributed by atoms with E-state index in [0.717, 1.165) is 19.3 Å². The maximum atomic E-state index is 11.6. The van der Waals surface area contributed by atoms with E-state index in [4.69, 9.17) is 18.0 Å². The van der Waals surface area contributed by atoms with Crippen molar-refractivity contribution in [3.8, 4) is 0 Å². The summed E-state index contributed by atoms with van der Waals surface area (Å²) >= 11 is 0. The van der Waals surface area contributed by atoms with Crippen molar-refractivity contribution >= 4 is 14.8 Å². The molecule has 0 saturated heterocycles. The predicted octanol–water partition coefficient (Wildman–Crippen LogP) is 4.49. The molecule has 5 nitrogen and oxygen atoms in total. The van der Waals surface area contributed by atoms with E-state index in [9.17, 15) is 4.79 Å². The molecule has 0 spiro atoms. The fourth-order valence-corrected chi connectivity index (χ4v) is 5.03. The van der Waals surface area contributed by atoms with E-state index in [1.54, 1.807) is 6.92 Å². The molecule has 0 aromatic rings. The van der Waals surface area contributed by atoms with Crippen LogP contribution < -0.4 is 0 Å². The van der Waals surface area contributed by atoms with E-state index in [0.29, 0.717) is 11.6 Å². The van der Waals surface area contributed by atoms with Gasteiger partial charge in [0.1, 0.15) is 0 Å². The molecule has 3 atom stereocenters. The summed E-state index contributed by atoms with van der Waals surface area (Å²) in [6, 6.07) is 0.449. The monoisotopic (exact) mass is 360 g/mol. The minimum absolute atomic E-state index is 0.0293. The molecule has 0 radical (unpaired) electrons. The van der Waals surface area contributed by atoms with Gasteiger partial charge in [-0.3, -0.25) is 0 Å². The molecule has 0 aromatic carbocycles. The Hall–Kier alpha value is -0.693. The number of hydrogen-bond acceptors (Lipinski definition) is 5. The molecule has 6 heteroatoms. The van der Waals surface area contributed by atoms with Crippen LogP contribution in [0.5, 0.6) is 0 Å². The van der Waals surface area contributed by atoms with Gasteiger partial charge in [0.25, 0.3) is 0 Å². The van der Waals surface area contributed by atoms with Crippen LogP contribution in [0.3, 0.4) is 0 Å². The molecule has 0 amide bonds. The van der Waals surface area contributed by atoms with Gasteiger partial charge in [-0.25, -0.2) is 4.79 Å². The molecule has 0 rings (SSSR count). The molecule has 0 bridgehead atoms. The lowest BCUT2D eigenvalue weighted by Gasteiger charge is -2.36. The Kier molecular flexibility index (Phi) is 11.5. The van der Waals surface area contributed by atoms with Crippen LogP contribution in [0.15, 0.2) is 12.2 Å². The fourth-order valence-electron chi connectivity index (χ4n) is 1.82. The molecule has 0 aliphatic carbocycles. The number of rotatable bonds is 13. The van der Waals surface area contributed by atoms with Gasteiger partial charge in [0.2, 0.25) is 0 Å². The molecule has 24 heavy (non-hydrogen) atoms. The average Bonchev–Trinajstić information content (AvgIpc) is 2.53. The quantitative estimate of drug-likeness (QED) is 0.275. The van der Waals surface area contributed by atoms with E-state index in [1.807, 2.05) is 20.8 Å². The van der Waals surface area contributed by atoms with E-state index < -0.39 is 14.8 Å². The molecule has 0 N–H and O–H groups in total. The Balaban J connectivity index is 5.19. The van der Waals surface area contributed by atoms with Crippen LogP contribution >= 0.6 is 0 Å². The first-order chi connectivity index (χ1) is 11.2. The zero-order valence-corrected chi connectivity index (χ0v) is 17.5. The van der Waals surface area contributed by atoms with Gasteiger partial charge < -0.3 is 18.0 Å². The third-order valence-electron chi connectivity index (χ3n) is 3.86. The molecule has 0 saturated carbocycles. The van der Waals surface area contributed by atoms with Crippen LogP contribution in [0.2, 0.25) is 6.04 Å². The van der Waals surface area contributed by atoms with Gasteiger partial charge in [-0.15, -0.1) is 0 Å². The SMILES string of the molecule is C=C(C)C(=O)OCC[Si](OC(C)CC)(OC(C)CC)OC(C)CC. The van der Waals surface area contributed by atoms with Crippen molar-refractivity contribution in [2.24, 2.45) is 0 Å². The van der Waals surface area contributed by atoms with Crippen LogP contribution in [0.1, 0.15) is 67.7 Å². The number of ether oxygens (including phenoxy) is 1. The van der Waals surface area contributed by atoms with Crippen molar-refractivity contribution in [2.45, 2.75) is 92.1 Å². The molecule has 0 aliphatic rings. The first-order valence-electron chi connectivity index (χ1n) is 9.05. The molecule has 0 aromatic heterocycles. The molecular formula is C18H36O5Si. The lowest BCUT2D eigenvalue weighted by Crippen LogP contribution is -2.52. The van der Waals surface area contributed by atoms with Crippen molar-refractivity contribution in [2.75, 3.05) is 6.61 Å². The largest absolute Gasteiger partial charge is 0.505 e. The summed E-state index contributed by atoms with van der Waals surface area (Å²) in [4.78, 5) is 11.6. The van der Waals surface area contributed by atoms with Crippen LogP contribution in [-0.2, 0) is 22.8 Å². The Bertz CT molecular complexity index is 354. The average molecular weight is 361 g/mol. The summed E-state index contributed by atoms with van der Waals surface area (Å²) in [5.74, 6) is -0.395. The minimum atomic E-state index is -2.96. The number of hydrogen-bond donors (Lipinski definition) is 0. The van der Waals surface area contributed by atoms with E-state index >= 15 is 0 Å². The van der Waals surface area contributed by atoms with E-state index in [-0.39, 0.29) is 24.9 Å². The van der Waals surface area contributed by atoms with Crippen molar-refractivity contribution in [3.63, 3.8) is 0 Å². The Morgan fingerprint density at radius 2 is 1.29 bits per heavy atom. The maximum absolute atomic E-state index is 11.6. The van der Waals surface area contributed by atoms with Gasteiger partial charge in [-0.05, 0) is 47.0 Å².